The van der Waals surface area contributed by atoms with Crippen molar-refractivity contribution in [1.29, 1.82) is 0 Å². The number of unbranched alkanes of at least 4 members (excludes halogenated alkanes) is 6. The van der Waals surface area contributed by atoms with Gasteiger partial charge in [0.2, 0.25) is 5.91 Å². The molecule has 0 aliphatic carbocycles. The van der Waals surface area contributed by atoms with E-state index >= 15 is 0 Å². The van der Waals surface area contributed by atoms with Gasteiger partial charge in [-0.3, -0.25) is 19.3 Å². The maximum absolute atomic E-state index is 12.8. The van der Waals surface area contributed by atoms with Crippen LogP contribution in [0.2, 0.25) is 0 Å². The Labute approximate surface area is 198 Å². The van der Waals surface area contributed by atoms with Gasteiger partial charge in [0.1, 0.15) is 13.2 Å². The highest BCUT2D eigenvalue weighted by Gasteiger charge is 2.31. The molecule has 0 bridgehead atoms. The zero-order valence-electron chi connectivity index (χ0n) is 20.5. The Morgan fingerprint density at radius 3 is 1.67 bits per heavy atom. The van der Waals surface area contributed by atoms with Gasteiger partial charge in [0, 0.05) is 25.9 Å². The van der Waals surface area contributed by atoms with Crippen molar-refractivity contribution in [3.05, 3.63) is 0 Å². The lowest BCUT2D eigenvalue weighted by Gasteiger charge is -2.25. The number of aliphatic hydroxyl groups excluding tert-OH is 2. The first-order chi connectivity index (χ1) is 15.9. The first-order valence-corrected chi connectivity index (χ1v) is 12.5. The van der Waals surface area contributed by atoms with E-state index in [1.54, 1.807) is 4.90 Å². The summed E-state index contributed by atoms with van der Waals surface area (Å²) in [5, 5.41) is 19.4. The molecule has 0 spiro atoms. The number of esters is 2. The number of β-amino-alcohol motifs (C(OH)–C–C–N with tert-alkyl or cyclic N) is 2. The van der Waals surface area contributed by atoms with E-state index in [2.05, 4.69) is 13.8 Å². The normalized spacial score (nSPS) is 18.3. The van der Waals surface area contributed by atoms with Crippen molar-refractivity contribution in [1.82, 2.24) is 9.80 Å². The van der Waals surface area contributed by atoms with E-state index in [1.807, 2.05) is 0 Å². The lowest BCUT2D eigenvalue weighted by molar-refractivity contribution is -0.148. The first kappa shape index (κ1) is 29.3. The fourth-order valence-electron chi connectivity index (χ4n) is 3.70. The van der Waals surface area contributed by atoms with Gasteiger partial charge in [0.25, 0.3) is 0 Å². The number of likely N-dealkylation sites (tertiary alicyclic amines) is 1. The molecule has 2 unspecified atom stereocenters. The molecule has 1 rings (SSSR count). The molecule has 1 aliphatic rings. The fourth-order valence-corrected chi connectivity index (χ4v) is 3.70. The molecular weight excluding hydrogens is 428 g/mol. The van der Waals surface area contributed by atoms with Crippen molar-refractivity contribution >= 4 is 17.8 Å². The number of amides is 1. The molecule has 1 fully saturated rings. The lowest BCUT2D eigenvalue weighted by atomic mass is 10.2. The third kappa shape index (κ3) is 13.6. The fraction of sp³-hybridized carbons (Fsp3) is 0.875. The largest absolute Gasteiger partial charge is 0.464 e. The second-order valence-electron chi connectivity index (χ2n) is 8.77. The van der Waals surface area contributed by atoms with Crippen molar-refractivity contribution in [2.45, 2.75) is 90.3 Å². The predicted molar refractivity (Wildman–Crippen MR) is 124 cm³/mol. The second-order valence-corrected chi connectivity index (χ2v) is 8.77. The average Bonchev–Trinajstić information content (AvgIpc) is 3.09. The van der Waals surface area contributed by atoms with E-state index in [9.17, 15) is 24.6 Å². The maximum atomic E-state index is 12.8. The molecular formula is C24H44N2O7. The number of aliphatic hydroxyl groups is 2. The van der Waals surface area contributed by atoms with Gasteiger partial charge >= 0.3 is 11.9 Å². The van der Waals surface area contributed by atoms with Crippen LogP contribution in [0.3, 0.4) is 0 Å². The molecule has 0 saturated carbocycles. The predicted octanol–water partition coefficient (Wildman–Crippen LogP) is 1.88. The molecule has 1 amide bonds. The molecule has 0 aromatic heterocycles. The summed E-state index contributed by atoms with van der Waals surface area (Å²) >= 11 is 0. The molecule has 192 valence electrons. The molecule has 2 N–H and O–H groups in total. The summed E-state index contributed by atoms with van der Waals surface area (Å²) in [5.41, 5.74) is 0. The number of ether oxygens (including phenoxy) is 2. The Morgan fingerprint density at radius 1 is 0.788 bits per heavy atom. The lowest BCUT2D eigenvalue weighted by Crippen LogP contribution is -2.43. The molecule has 0 radical (unpaired) electrons. The van der Waals surface area contributed by atoms with Crippen LogP contribution in [0, 0.1) is 0 Å². The molecule has 33 heavy (non-hydrogen) atoms. The molecule has 1 heterocycles. The standard InChI is InChI=1S/C24H44N2O7/c1-3-5-7-9-11-23(30)32-15-13-26(14-16-33-24(31)12-10-8-6-4-2)22(29)19-25-17-20(27)21(28)18-25/h20-21,27-28H,3-19H2,1-2H3. The Balaban J connectivity index is 2.44. The van der Waals surface area contributed by atoms with E-state index in [0.29, 0.717) is 12.8 Å². The molecule has 0 aromatic rings. The van der Waals surface area contributed by atoms with Gasteiger partial charge < -0.3 is 24.6 Å². The van der Waals surface area contributed by atoms with Crippen molar-refractivity contribution in [3.63, 3.8) is 0 Å². The van der Waals surface area contributed by atoms with Crippen LogP contribution in [0.5, 0.6) is 0 Å². The van der Waals surface area contributed by atoms with E-state index in [1.165, 1.54) is 4.90 Å². The molecule has 1 saturated heterocycles. The summed E-state index contributed by atoms with van der Waals surface area (Å²) < 4.78 is 10.6. The highest BCUT2D eigenvalue weighted by atomic mass is 16.5. The highest BCUT2D eigenvalue weighted by Crippen LogP contribution is 2.10. The van der Waals surface area contributed by atoms with Crippen molar-refractivity contribution in [2.24, 2.45) is 0 Å². The van der Waals surface area contributed by atoms with E-state index < -0.39 is 12.2 Å². The van der Waals surface area contributed by atoms with Crippen LogP contribution < -0.4 is 0 Å². The van der Waals surface area contributed by atoms with Crippen molar-refractivity contribution in [2.75, 3.05) is 45.9 Å². The number of hydrogen-bond acceptors (Lipinski definition) is 8. The van der Waals surface area contributed by atoms with E-state index in [0.717, 1.165) is 51.4 Å². The minimum absolute atomic E-state index is 0.0318. The monoisotopic (exact) mass is 472 g/mol. The van der Waals surface area contributed by atoms with Gasteiger partial charge in [-0.05, 0) is 12.8 Å². The number of carbonyl (C=O) groups excluding carboxylic acids is 3. The molecule has 9 nitrogen and oxygen atoms in total. The smallest absolute Gasteiger partial charge is 0.305 e. The summed E-state index contributed by atoms with van der Waals surface area (Å²) in [5.74, 6) is -0.778. The van der Waals surface area contributed by atoms with E-state index in [-0.39, 0.29) is 63.8 Å². The van der Waals surface area contributed by atoms with Crippen LogP contribution >= 0.6 is 0 Å². The maximum Gasteiger partial charge on any atom is 0.305 e. The highest BCUT2D eigenvalue weighted by molar-refractivity contribution is 5.78. The van der Waals surface area contributed by atoms with E-state index in [4.69, 9.17) is 9.47 Å². The first-order valence-electron chi connectivity index (χ1n) is 12.5. The van der Waals surface area contributed by atoms with Crippen LogP contribution in [-0.4, -0.2) is 96.0 Å². The van der Waals surface area contributed by atoms with Crippen LogP contribution in [-0.2, 0) is 23.9 Å². The molecule has 9 heteroatoms. The summed E-state index contributed by atoms with van der Waals surface area (Å²) in [6.45, 7) is 5.25. The Morgan fingerprint density at radius 2 is 1.24 bits per heavy atom. The average molecular weight is 473 g/mol. The minimum Gasteiger partial charge on any atom is -0.464 e. The van der Waals surface area contributed by atoms with Crippen molar-refractivity contribution in [3.8, 4) is 0 Å². The Hall–Kier alpha value is -1.71. The van der Waals surface area contributed by atoms with Gasteiger partial charge in [-0.25, -0.2) is 0 Å². The van der Waals surface area contributed by atoms with Gasteiger partial charge in [-0.2, -0.15) is 0 Å². The molecule has 2 atom stereocenters. The summed E-state index contributed by atoms with van der Waals surface area (Å²) in [4.78, 5) is 39.8. The topological polar surface area (TPSA) is 117 Å². The quantitative estimate of drug-likeness (QED) is 0.229. The van der Waals surface area contributed by atoms with Crippen LogP contribution in [0.4, 0.5) is 0 Å². The van der Waals surface area contributed by atoms with Gasteiger partial charge in [0.15, 0.2) is 0 Å². The second kappa shape index (κ2) is 17.7. The third-order valence-corrected chi connectivity index (χ3v) is 5.76. The Bertz CT molecular complexity index is 533. The van der Waals surface area contributed by atoms with Crippen LogP contribution in [0.15, 0.2) is 0 Å². The zero-order valence-corrected chi connectivity index (χ0v) is 20.5. The number of hydrogen-bond donors (Lipinski definition) is 2. The number of carbonyl (C=O) groups is 3. The Kier molecular flexibility index (Phi) is 15.7. The van der Waals surface area contributed by atoms with Crippen LogP contribution in [0.1, 0.15) is 78.1 Å². The van der Waals surface area contributed by atoms with Crippen molar-refractivity contribution < 1.29 is 34.1 Å². The number of rotatable bonds is 18. The summed E-state index contributed by atoms with van der Waals surface area (Å²) in [6.07, 6.45) is 6.95. The summed E-state index contributed by atoms with van der Waals surface area (Å²) in [6, 6.07) is 0. The third-order valence-electron chi connectivity index (χ3n) is 5.76. The van der Waals surface area contributed by atoms with Gasteiger partial charge in [-0.1, -0.05) is 52.4 Å². The molecule has 1 aliphatic heterocycles. The van der Waals surface area contributed by atoms with Crippen LogP contribution in [0.25, 0.3) is 0 Å². The number of nitrogens with zero attached hydrogens (tertiary/aromatic N) is 2. The van der Waals surface area contributed by atoms with Gasteiger partial charge in [-0.15, -0.1) is 0 Å². The zero-order chi connectivity index (χ0) is 24.5. The molecule has 0 aromatic carbocycles. The SMILES string of the molecule is CCCCCCC(=O)OCCN(CCOC(=O)CCCCCC)C(=O)CN1CC(O)C(O)C1. The van der Waals surface area contributed by atoms with Gasteiger partial charge in [0.05, 0.1) is 31.8 Å². The minimum atomic E-state index is -0.867. The summed E-state index contributed by atoms with van der Waals surface area (Å²) in [7, 11) is 0.